The first-order chi connectivity index (χ1) is 10.7. The van der Waals surface area contributed by atoms with Gasteiger partial charge in [0.25, 0.3) is 0 Å². The van der Waals surface area contributed by atoms with Crippen molar-refractivity contribution in [3.8, 4) is 0 Å². The highest BCUT2D eigenvalue weighted by atomic mass is 16.3. The highest BCUT2D eigenvalue weighted by molar-refractivity contribution is 6.02. The first kappa shape index (κ1) is 14.1. The minimum Gasteiger partial charge on any atom is -0.465 e. The van der Waals surface area contributed by atoms with Crippen LogP contribution in [0.1, 0.15) is 18.6 Å². The van der Waals surface area contributed by atoms with E-state index in [4.69, 9.17) is 4.42 Å². The molecule has 1 aromatic heterocycles. The summed E-state index contributed by atoms with van der Waals surface area (Å²) in [6, 6.07) is 10.6. The quantitative estimate of drug-likeness (QED) is 0.832. The molecule has 0 bridgehead atoms. The van der Waals surface area contributed by atoms with Crippen molar-refractivity contribution in [1.29, 1.82) is 0 Å². The van der Waals surface area contributed by atoms with E-state index >= 15 is 0 Å². The standard InChI is InChI=1S/C17H16N2O3/c20-16(9-8-15-5-2-10-22-15)18-13-3-1-4-14(11-13)19-17(21)12-6-7-12/h1-5,8-12H,6-7H2,(H,18,20)(H,19,21). The van der Waals surface area contributed by atoms with Crippen LogP contribution in [-0.4, -0.2) is 11.8 Å². The average molecular weight is 296 g/mol. The summed E-state index contributed by atoms with van der Waals surface area (Å²) in [5.41, 5.74) is 1.31. The summed E-state index contributed by atoms with van der Waals surface area (Å²) >= 11 is 0. The van der Waals surface area contributed by atoms with Gasteiger partial charge in [-0.25, -0.2) is 0 Å². The van der Waals surface area contributed by atoms with Gasteiger partial charge in [-0.3, -0.25) is 9.59 Å². The fraction of sp³-hybridized carbons (Fsp3) is 0.176. The van der Waals surface area contributed by atoms with Crippen LogP contribution in [0.15, 0.2) is 53.2 Å². The van der Waals surface area contributed by atoms with E-state index in [-0.39, 0.29) is 17.7 Å². The van der Waals surface area contributed by atoms with Gasteiger partial charge < -0.3 is 15.1 Å². The second-order valence-corrected chi connectivity index (χ2v) is 5.18. The minimum atomic E-state index is -0.262. The smallest absolute Gasteiger partial charge is 0.248 e. The SMILES string of the molecule is O=C(C=Cc1ccco1)Nc1cccc(NC(=O)C2CC2)c1. The van der Waals surface area contributed by atoms with Gasteiger partial charge in [0.2, 0.25) is 11.8 Å². The predicted octanol–water partition coefficient (Wildman–Crippen LogP) is 3.28. The van der Waals surface area contributed by atoms with Gasteiger partial charge >= 0.3 is 0 Å². The van der Waals surface area contributed by atoms with Crippen molar-refractivity contribution in [3.05, 3.63) is 54.5 Å². The van der Waals surface area contributed by atoms with Crippen molar-refractivity contribution < 1.29 is 14.0 Å². The topological polar surface area (TPSA) is 71.3 Å². The summed E-state index contributed by atoms with van der Waals surface area (Å²) in [5, 5.41) is 5.59. The number of nitrogens with one attached hydrogen (secondary N) is 2. The normalized spacial score (nSPS) is 14.0. The van der Waals surface area contributed by atoms with E-state index < -0.39 is 0 Å². The van der Waals surface area contributed by atoms with Crippen LogP contribution in [0.3, 0.4) is 0 Å². The molecule has 2 aromatic rings. The van der Waals surface area contributed by atoms with Gasteiger partial charge in [0.05, 0.1) is 6.26 Å². The largest absolute Gasteiger partial charge is 0.465 e. The molecule has 1 saturated carbocycles. The first-order valence-electron chi connectivity index (χ1n) is 7.14. The van der Waals surface area contributed by atoms with Crippen LogP contribution in [-0.2, 0) is 9.59 Å². The molecule has 0 radical (unpaired) electrons. The molecule has 0 spiro atoms. The molecule has 5 heteroatoms. The third-order valence-electron chi connectivity index (χ3n) is 3.29. The third kappa shape index (κ3) is 3.85. The zero-order chi connectivity index (χ0) is 15.4. The highest BCUT2D eigenvalue weighted by Gasteiger charge is 2.29. The van der Waals surface area contributed by atoms with Gasteiger partial charge in [-0.05, 0) is 49.2 Å². The maximum Gasteiger partial charge on any atom is 0.248 e. The molecule has 1 aromatic carbocycles. The maximum atomic E-state index is 11.8. The van der Waals surface area contributed by atoms with E-state index in [1.807, 2.05) is 0 Å². The third-order valence-corrected chi connectivity index (χ3v) is 3.29. The van der Waals surface area contributed by atoms with Crippen molar-refractivity contribution in [1.82, 2.24) is 0 Å². The van der Waals surface area contributed by atoms with E-state index in [0.717, 1.165) is 12.8 Å². The Morgan fingerprint density at radius 1 is 1.09 bits per heavy atom. The number of carbonyl (C=O) groups is 2. The fourth-order valence-corrected chi connectivity index (χ4v) is 1.99. The Hall–Kier alpha value is -2.82. The lowest BCUT2D eigenvalue weighted by Crippen LogP contribution is -2.14. The van der Waals surface area contributed by atoms with Crippen molar-refractivity contribution in [2.45, 2.75) is 12.8 Å². The van der Waals surface area contributed by atoms with Crippen molar-refractivity contribution in [2.75, 3.05) is 10.6 Å². The Morgan fingerprint density at radius 2 is 1.86 bits per heavy atom. The van der Waals surface area contributed by atoms with Crippen LogP contribution < -0.4 is 10.6 Å². The summed E-state index contributed by atoms with van der Waals surface area (Å²) in [5.74, 6) is 0.540. The van der Waals surface area contributed by atoms with Crippen molar-refractivity contribution >= 4 is 29.3 Å². The van der Waals surface area contributed by atoms with Crippen LogP contribution in [0.5, 0.6) is 0 Å². The molecular formula is C17H16N2O3. The highest BCUT2D eigenvalue weighted by Crippen LogP contribution is 2.30. The Morgan fingerprint density at radius 3 is 2.55 bits per heavy atom. The molecule has 1 fully saturated rings. The molecule has 1 heterocycles. The number of carbonyl (C=O) groups excluding carboxylic acids is 2. The zero-order valence-electron chi connectivity index (χ0n) is 11.9. The molecule has 22 heavy (non-hydrogen) atoms. The molecule has 0 saturated heterocycles. The lowest BCUT2D eigenvalue weighted by atomic mass is 10.2. The molecule has 5 nitrogen and oxygen atoms in total. The summed E-state index contributed by atoms with van der Waals surface area (Å²) in [6.45, 7) is 0. The lowest BCUT2D eigenvalue weighted by molar-refractivity contribution is -0.117. The fourth-order valence-electron chi connectivity index (χ4n) is 1.99. The van der Waals surface area contributed by atoms with Crippen LogP contribution >= 0.6 is 0 Å². The minimum absolute atomic E-state index is 0.0428. The number of amides is 2. The van der Waals surface area contributed by atoms with Crippen molar-refractivity contribution in [3.63, 3.8) is 0 Å². The van der Waals surface area contributed by atoms with E-state index in [9.17, 15) is 9.59 Å². The molecule has 0 atom stereocenters. The van der Waals surface area contributed by atoms with E-state index in [2.05, 4.69) is 10.6 Å². The number of rotatable bonds is 5. The molecule has 1 aliphatic carbocycles. The Bertz CT molecular complexity index is 700. The molecule has 0 aliphatic heterocycles. The van der Waals surface area contributed by atoms with Gasteiger partial charge in [-0.15, -0.1) is 0 Å². The van der Waals surface area contributed by atoms with Gasteiger partial charge in [0.1, 0.15) is 5.76 Å². The summed E-state index contributed by atoms with van der Waals surface area (Å²) in [4.78, 5) is 23.6. The van der Waals surface area contributed by atoms with Crippen molar-refractivity contribution in [2.24, 2.45) is 5.92 Å². The van der Waals surface area contributed by atoms with Crippen LogP contribution in [0.4, 0.5) is 11.4 Å². The number of hydrogen-bond donors (Lipinski definition) is 2. The average Bonchev–Trinajstić information content (AvgIpc) is 3.23. The maximum absolute atomic E-state index is 11.8. The van der Waals surface area contributed by atoms with Crippen LogP contribution in [0, 0.1) is 5.92 Å². The molecule has 112 valence electrons. The Balaban J connectivity index is 1.59. The van der Waals surface area contributed by atoms with Gasteiger partial charge in [-0.2, -0.15) is 0 Å². The molecule has 0 unspecified atom stereocenters. The second kappa shape index (κ2) is 6.30. The number of anilines is 2. The summed E-state index contributed by atoms with van der Waals surface area (Å²) in [6.07, 6.45) is 6.45. The van der Waals surface area contributed by atoms with Gasteiger partial charge in [0, 0.05) is 23.4 Å². The second-order valence-electron chi connectivity index (χ2n) is 5.18. The zero-order valence-corrected chi connectivity index (χ0v) is 11.9. The van der Waals surface area contributed by atoms with E-state index in [0.29, 0.717) is 17.1 Å². The van der Waals surface area contributed by atoms with Crippen LogP contribution in [0.2, 0.25) is 0 Å². The molecule has 1 aliphatic rings. The Kier molecular flexibility index (Phi) is 4.05. The van der Waals surface area contributed by atoms with Gasteiger partial charge in [0.15, 0.2) is 0 Å². The lowest BCUT2D eigenvalue weighted by Gasteiger charge is -2.07. The molecule has 3 rings (SSSR count). The molecular weight excluding hydrogens is 280 g/mol. The monoisotopic (exact) mass is 296 g/mol. The summed E-state index contributed by atoms with van der Waals surface area (Å²) in [7, 11) is 0. The summed E-state index contributed by atoms with van der Waals surface area (Å²) < 4.78 is 5.11. The number of benzene rings is 1. The first-order valence-corrected chi connectivity index (χ1v) is 7.14. The Labute approximate surface area is 128 Å². The van der Waals surface area contributed by atoms with Crippen LogP contribution in [0.25, 0.3) is 6.08 Å². The molecule has 2 amide bonds. The van der Waals surface area contributed by atoms with Gasteiger partial charge in [-0.1, -0.05) is 6.07 Å². The predicted molar refractivity (Wildman–Crippen MR) is 84.2 cm³/mol. The number of furan rings is 1. The number of hydrogen-bond acceptors (Lipinski definition) is 3. The molecule has 2 N–H and O–H groups in total. The van der Waals surface area contributed by atoms with E-state index in [1.165, 1.54) is 6.08 Å². The van der Waals surface area contributed by atoms with E-state index in [1.54, 1.807) is 48.7 Å².